The number of aryl methyl sites for hydroxylation is 1. The van der Waals surface area contributed by atoms with Crippen molar-refractivity contribution in [2.75, 3.05) is 0 Å². The van der Waals surface area contributed by atoms with Gasteiger partial charge in [0.1, 0.15) is 5.65 Å². The van der Waals surface area contributed by atoms with Crippen LogP contribution in [0.4, 0.5) is 0 Å². The van der Waals surface area contributed by atoms with Gasteiger partial charge in [-0.1, -0.05) is 61.7 Å². The van der Waals surface area contributed by atoms with Gasteiger partial charge in [0.05, 0.1) is 11.9 Å². The van der Waals surface area contributed by atoms with Crippen LogP contribution in [0.5, 0.6) is 0 Å². The van der Waals surface area contributed by atoms with Crippen molar-refractivity contribution in [3.8, 4) is 11.3 Å². The van der Waals surface area contributed by atoms with E-state index in [4.69, 9.17) is 4.98 Å². The molecule has 2 heterocycles. The number of pyridine rings is 1. The number of rotatable bonds is 2. The Morgan fingerprint density at radius 1 is 0.962 bits per heavy atom. The molecule has 1 fully saturated rings. The molecular formula is C24H23N2. The van der Waals surface area contributed by atoms with Crippen LogP contribution in [0.2, 0.25) is 0 Å². The molecule has 0 spiro atoms. The Balaban J connectivity index is 1.71. The molecule has 0 atom stereocenters. The van der Waals surface area contributed by atoms with Crippen molar-refractivity contribution >= 4 is 16.4 Å². The number of hydrogen-bond donors (Lipinski definition) is 0. The summed E-state index contributed by atoms with van der Waals surface area (Å²) < 4.78 is 2.11. The van der Waals surface area contributed by atoms with E-state index < -0.39 is 0 Å². The molecule has 1 aliphatic rings. The monoisotopic (exact) mass is 339 g/mol. The second-order valence-corrected chi connectivity index (χ2v) is 7.54. The number of nitrogens with zero attached hydrogens (tertiary/aromatic N) is 2. The van der Waals surface area contributed by atoms with Crippen molar-refractivity contribution in [1.82, 2.24) is 9.38 Å². The Kier molecular flexibility index (Phi) is 3.77. The molecule has 2 heteroatoms. The molecule has 1 radical (unpaired) electrons. The molecule has 2 aromatic heterocycles. The van der Waals surface area contributed by atoms with Crippen LogP contribution in [-0.4, -0.2) is 9.38 Å². The predicted octanol–water partition coefficient (Wildman–Crippen LogP) is 6.31. The van der Waals surface area contributed by atoms with Gasteiger partial charge in [0.25, 0.3) is 0 Å². The Hall–Kier alpha value is -2.61. The second kappa shape index (κ2) is 6.28. The summed E-state index contributed by atoms with van der Waals surface area (Å²) in [6.45, 7) is 2.23. The SMILES string of the molecule is Cc1ccn2[c]c(-c3cccc4ccccc34)nc2c1C1CCCCC1. The van der Waals surface area contributed by atoms with Crippen molar-refractivity contribution in [1.29, 1.82) is 0 Å². The normalized spacial score (nSPS) is 15.7. The van der Waals surface area contributed by atoms with Crippen LogP contribution in [0.3, 0.4) is 0 Å². The third kappa shape index (κ3) is 2.52. The number of aromatic nitrogens is 2. The van der Waals surface area contributed by atoms with Gasteiger partial charge in [0.15, 0.2) is 0 Å². The Labute approximate surface area is 154 Å². The first-order chi connectivity index (χ1) is 12.8. The third-order valence-electron chi connectivity index (χ3n) is 5.87. The molecule has 0 N–H and O–H groups in total. The van der Waals surface area contributed by atoms with E-state index in [-0.39, 0.29) is 0 Å². The van der Waals surface area contributed by atoms with Crippen LogP contribution >= 0.6 is 0 Å². The van der Waals surface area contributed by atoms with Gasteiger partial charge in [-0.25, -0.2) is 4.98 Å². The highest BCUT2D eigenvalue weighted by atomic mass is 15.0. The Morgan fingerprint density at radius 2 is 1.77 bits per heavy atom. The van der Waals surface area contributed by atoms with E-state index in [1.165, 1.54) is 59.6 Å². The highest BCUT2D eigenvalue weighted by Crippen LogP contribution is 2.37. The molecule has 1 aliphatic carbocycles. The number of imidazole rings is 1. The largest absolute Gasteiger partial charge is 0.297 e. The number of fused-ring (bicyclic) bond motifs is 2. The molecule has 0 saturated heterocycles. The van der Waals surface area contributed by atoms with E-state index in [1.54, 1.807) is 0 Å². The van der Waals surface area contributed by atoms with E-state index in [2.05, 4.69) is 72.2 Å². The first-order valence-corrected chi connectivity index (χ1v) is 9.70. The quantitative estimate of drug-likeness (QED) is 0.418. The van der Waals surface area contributed by atoms with Crippen LogP contribution in [0.15, 0.2) is 54.7 Å². The minimum Gasteiger partial charge on any atom is -0.297 e. The van der Waals surface area contributed by atoms with Gasteiger partial charge in [-0.15, -0.1) is 0 Å². The molecule has 2 aromatic carbocycles. The predicted molar refractivity (Wildman–Crippen MR) is 108 cm³/mol. The summed E-state index contributed by atoms with van der Waals surface area (Å²) in [6, 6.07) is 17.2. The molecule has 129 valence electrons. The molecule has 0 amide bonds. The summed E-state index contributed by atoms with van der Waals surface area (Å²) in [5.41, 5.74) is 6.02. The fourth-order valence-corrected chi connectivity index (χ4v) is 4.55. The summed E-state index contributed by atoms with van der Waals surface area (Å²) >= 11 is 0. The maximum atomic E-state index is 5.08. The van der Waals surface area contributed by atoms with Crippen molar-refractivity contribution in [2.24, 2.45) is 0 Å². The fourth-order valence-electron chi connectivity index (χ4n) is 4.55. The van der Waals surface area contributed by atoms with Gasteiger partial charge >= 0.3 is 0 Å². The third-order valence-corrected chi connectivity index (χ3v) is 5.87. The highest BCUT2D eigenvalue weighted by molar-refractivity contribution is 5.95. The van der Waals surface area contributed by atoms with Crippen LogP contribution in [0.25, 0.3) is 27.7 Å². The summed E-state index contributed by atoms with van der Waals surface area (Å²) in [5.74, 6) is 0.642. The lowest BCUT2D eigenvalue weighted by Gasteiger charge is -2.23. The molecule has 26 heavy (non-hydrogen) atoms. The summed E-state index contributed by atoms with van der Waals surface area (Å²) in [4.78, 5) is 5.08. The molecular weight excluding hydrogens is 316 g/mol. The van der Waals surface area contributed by atoms with Gasteiger partial charge in [0, 0.05) is 17.3 Å². The fraction of sp³-hybridized carbons (Fsp3) is 0.292. The van der Waals surface area contributed by atoms with Gasteiger partial charge < -0.3 is 0 Å². The van der Waals surface area contributed by atoms with Crippen molar-refractivity contribution in [3.05, 3.63) is 72.1 Å². The summed E-state index contributed by atoms with van der Waals surface area (Å²) in [5, 5.41) is 2.49. The minimum atomic E-state index is 0.642. The minimum absolute atomic E-state index is 0.642. The molecule has 5 rings (SSSR count). The first kappa shape index (κ1) is 15.6. The topological polar surface area (TPSA) is 17.3 Å². The molecule has 0 bridgehead atoms. The van der Waals surface area contributed by atoms with Crippen LogP contribution < -0.4 is 0 Å². The number of benzene rings is 2. The van der Waals surface area contributed by atoms with Crippen LogP contribution in [-0.2, 0) is 0 Å². The van der Waals surface area contributed by atoms with Gasteiger partial charge in [0.2, 0.25) is 0 Å². The van der Waals surface area contributed by atoms with Crippen molar-refractivity contribution in [2.45, 2.75) is 44.9 Å². The first-order valence-electron chi connectivity index (χ1n) is 9.70. The maximum absolute atomic E-state index is 5.08. The smallest absolute Gasteiger partial charge is 0.141 e. The van der Waals surface area contributed by atoms with E-state index in [9.17, 15) is 0 Å². The van der Waals surface area contributed by atoms with Crippen molar-refractivity contribution < 1.29 is 0 Å². The molecule has 0 aliphatic heterocycles. The molecule has 1 saturated carbocycles. The van der Waals surface area contributed by atoms with Crippen LogP contribution in [0.1, 0.15) is 49.1 Å². The van der Waals surface area contributed by atoms with Crippen molar-refractivity contribution in [3.63, 3.8) is 0 Å². The van der Waals surface area contributed by atoms with Gasteiger partial charge in [-0.2, -0.15) is 0 Å². The zero-order chi connectivity index (χ0) is 17.5. The lowest BCUT2D eigenvalue weighted by atomic mass is 9.83. The van der Waals surface area contributed by atoms with E-state index >= 15 is 0 Å². The maximum Gasteiger partial charge on any atom is 0.141 e. The Morgan fingerprint density at radius 3 is 2.65 bits per heavy atom. The summed E-state index contributed by atoms with van der Waals surface area (Å²) in [6.07, 6.45) is 12.3. The lowest BCUT2D eigenvalue weighted by molar-refractivity contribution is 0.443. The van der Waals surface area contributed by atoms with Gasteiger partial charge in [-0.05, 0) is 48.1 Å². The highest BCUT2D eigenvalue weighted by Gasteiger charge is 2.22. The molecule has 0 unspecified atom stereocenters. The van der Waals surface area contributed by atoms with Gasteiger partial charge in [-0.3, -0.25) is 4.40 Å². The van der Waals surface area contributed by atoms with Crippen LogP contribution in [0, 0.1) is 13.1 Å². The average Bonchev–Trinajstić information content (AvgIpc) is 3.12. The van der Waals surface area contributed by atoms with E-state index in [0.717, 1.165) is 11.3 Å². The standard InChI is InChI=1S/C24H23N2/c1-17-14-15-26-16-22(21-13-7-11-18-8-5-6-12-20(18)21)25-24(26)23(17)19-9-3-2-4-10-19/h5-8,11-15,19H,2-4,9-10H2,1H3. The average molecular weight is 339 g/mol. The molecule has 2 nitrogen and oxygen atoms in total. The lowest BCUT2D eigenvalue weighted by Crippen LogP contribution is -2.08. The summed E-state index contributed by atoms with van der Waals surface area (Å²) in [7, 11) is 0. The zero-order valence-electron chi connectivity index (χ0n) is 15.2. The van der Waals surface area contributed by atoms with E-state index in [0.29, 0.717) is 5.92 Å². The number of hydrogen-bond acceptors (Lipinski definition) is 1. The van der Waals surface area contributed by atoms with E-state index in [1.807, 2.05) is 0 Å². The Bertz CT molecular complexity index is 1080. The second-order valence-electron chi connectivity index (χ2n) is 7.54. The molecule has 4 aromatic rings. The zero-order valence-corrected chi connectivity index (χ0v) is 15.2.